The minimum atomic E-state index is -1.11. The van der Waals surface area contributed by atoms with E-state index < -0.39 is 18.0 Å². The van der Waals surface area contributed by atoms with Gasteiger partial charge in [-0.15, -0.1) is 0 Å². The van der Waals surface area contributed by atoms with Crippen LogP contribution in [-0.4, -0.2) is 32.9 Å². The van der Waals surface area contributed by atoms with Gasteiger partial charge in [-0.1, -0.05) is 12.8 Å². The van der Waals surface area contributed by atoms with Gasteiger partial charge in [-0.05, 0) is 19.3 Å². The fourth-order valence-electron chi connectivity index (χ4n) is 2.19. The summed E-state index contributed by atoms with van der Waals surface area (Å²) in [6.07, 6.45) is 6.40. The minimum absolute atomic E-state index is 0.0471. The van der Waals surface area contributed by atoms with E-state index in [0.29, 0.717) is 11.5 Å². The SMILES string of the molecule is CC(CC1CC1)NC(=O)NC(C(=O)O)c1cnn(C)c1. The summed E-state index contributed by atoms with van der Waals surface area (Å²) in [6, 6.07) is -1.50. The molecule has 1 aliphatic carbocycles. The summed E-state index contributed by atoms with van der Waals surface area (Å²) in [5.41, 5.74) is 0.449. The van der Waals surface area contributed by atoms with Gasteiger partial charge in [0.2, 0.25) is 0 Å². The van der Waals surface area contributed by atoms with Crippen LogP contribution in [0.2, 0.25) is 0 Å². The molecule has 1 aromatic heterocycles. The number of aliphatic carboxylic acids is 1. The van der Waals surface area contributed by atoms with Crippen LogP contribution in [0.15, 0.2) is 12.4 Å². The molecule has 2 unspecified atom stereocenters. The van der Waals surface area contributed by atoms with Gasteiger partial charge >= 0.3 is 12.0 Å². The number of carbonyl (C=O) groups is 2. The van der Waals surface area contributed by atoms with Gasteiger partial charge < -0.3 is 15.7 Å². The number of hydrogen-bond donors (Lipinski definition) is 3. The van der Waals surface area contributed by atoms with E-state index in [9.17, 15) is 14.7 Å². The second-order valence-electron chi connectivity index (χ2n) is 5.42. The molecule has 0 saturated heterocycles. The highest BCUT2D eigenvalue weighted by Crippen LogP contribution is 2.33. The van der Waals surface area contributed by atoms with E-state index in [1.54, 1.807) is 13.2 Å². The van der Waals surface area contributed by atoms with Gasteiger partial charge in [-0.25, -0.2) is 9.59 Å². The van der Waals surface area contributed by atoms with Crippen LogP contribution in [-0.2, 0) is 11.8 Å². The van der Waals surface area contributed by atoms with Gasteiger partial charge in [0.05, 0.1) is 6.20 Å². The Balaban J connectivity index is 1.90. The number of amides is 2. The zero-order valence-corrected chi connectivity index (χ0v) is 11.7. The Morgan fingerprint density at radius 1 is 1.50 bits per heavy atom. The first-order valence-electron chi connectivity index (χ1n) is 6.74. The molecular weight excluding hydrogens is 260 g/mol. The van der Waals surface area contributed by atoms with Gasteiger partial charge in [0.25, 0.3) is 0 Å². The number of rotatable bonds is 6. The normalized spacial score (nSPS) is 17.3. The van der Waals surface area contributed by atoms with E-state index in [0.717, 1.165) is 6.42 Å². The number of carboxylic acid groups (broad SMARTS) is 1. The van der Waals surface area contributed by atoms with Crippen LogP contribution in [0.5, 0.6) is 0 Å². The Kier molecular flexibility index (Phi) is 4.26. The summed E-state index contributed by atoms with van der Waals surface area (Å²) in [7, 11) is 1.69. The molecule has 20 heavy (non-hydrogen) atoms. The monoisotopic (exact) mass is 280 g/mol. The third-order valence-electron chi connectivity index (χ3n) is 3.34. The largest absolute Gasteiger partial charge is 0.479 e. The topological polar surface area (TPSA) is 96.2 Å². The summed E-state index contributed by atoms with van der Waals surface area (Å²) < 4.78 is 1.50. The molecule has 0 bridgehead atoms. The molecule has 0 spiro atoms. The van der Waals surface area contributed by atoms with E-state index in [4.69, 9.17) is 0 Å². The van der Waals surface area contributed by atoms with E-state index in [-0.39, 0.29) is 6.04 Å². The molecule has 0 aromatic carbocycles. The summed E-state index contributed by atoms with van der Waals surface area (Å²) >= 11 is 0. The molecule has 1 aromatic rings. The first-order valence-corrected chi connectivity index (χ1v) is 6.74. The minimum Gasteiger partial charge on any atom is -0.479 e. The van der Waals surface area contributed by atoms with Crippen molar-refractivity contribution in [2.45, 2.75) is 38.3 Å². The number of aryl methyl sites for hydroxylation is 1. The van der Waals surface area contributed by atoms with E-state index in [1.165, 1.54) is 23.7 Å². The molecule has 7 heteroatoms. The molecule has 1 heterocycles. The first-order chi connectivity index (χ1) is 9.45. The lowest BCUT2D eigenvalue weighted by Crippen LogP contribution is -2.44. The number of carbonyl (C=O) groups excluding carboxylic acids is 1. The second-order valence-corrected chi connectivity index (χ2v) is 5.42. The third kappa shape index (κ3) is 3.97. The number of nitrogens with one attached hydrogen (secondary N) is 2. The fourth-order valence-corrected chi connectivity index (χ4v) is 2.19. The predicted octanol–water partition coefficient (Wildman–Crippen LogP) is 1.03. The highest BCUT2D eigenvalue weighted by Gasteiger charge is 2.26. The molecule has 2 atom stereocenters. The maximum atomic E-state index is 11.8. The predicted molar refractivity (Wildman–Crippen MR) is 72.1 cm³/mol. The van der Waals surface area contributed by atoms with Crippen molar-refractivity contribution in [2.24, 2.45) is 13.0 Å². The lowest BCUT2D eigenvalue weighted by atomic mass is 10.1. The van der Waals surface area contributed by atoms with E-state index in [1.807, 2.05) is 6.92 Å². The summed E-state index contributed by atoms with van der Waals surface area (Å²) in [4.78, 5) is 23.1. The standard InChI is InChI=1S/C13H20N4O3/c1-8(5-9-3-4-9)15-13(20)16-11(12(18)19)10-6-14-17(2)7-10/h6-9,11H,3-5H2,1-2H3,(H,18,19)(H2,15,16,20). The highest BCUT2D eigenvalue weighted by atomic mass is 16.4. The molecule has 0 radical (unpaired) electrons. The molecule has 1 fully saturated rings. The van der Waals surface area contributed by atoms with Gasteiger partial charge in [-0.3, -0.25) is 4.68 Å². The maximum Gasteiger partial charge on any atom is 0.331 e. The molecule has 110 valence electrons. The van der Waals surface area contributed by atoms with Crippen molar-refractivity contribution < 1.29 is 14.7 Å². The van der Waals surface area contributed by atoms with Crippen molar-refractivity contribution in [3.8, 4) is 0 Å². The van der Waals surface area contributed by atoms with Crippen LogP contribution in [0.1, 0.15) is 37.8 Å². The first kappa shape index (κ1) is 14.4. The van der Waals surface area contributed by atoms with Crippen molar-refractivity contribution in [3.63, 3.8) is 0 Å². The molecule has 1 aliphatic rings. The average Bonchev–Trinajstić information content (AvgIpc) is 3.05. The molecular formula is C13H20N4O3. The molecule has 2 amide bonds. The van der Waals surface area contributed by atoms with Crippen LogP contribution in [0, 0.1) is 5.92 Å². The number of hydrogen-bond acceptors (Lipinski definition) is 3. The lowest BCUT2D eigenvalue weighted by molar-refractivity contribution is -0.139. The summed E-state index contributed by atoms with van der Waals surface area (Å²) in [5.74, 6) is -0.401. The number of nitrogens with zero attached hydrogens (tertiary/aromatic N) is 2. The van der Waals surface area contributed by atoms with Crippen LogP contribution in [0.3, 0.4) is 0 Å². The zero-order chi connectivity index (χ0) is 14.7. The lowest BCUT2D eigenvalue weighted by Gasteiger charge is -2.17. The molecule has 3 N–H and O–H groups in total. The Bertz CT molecular complexity index is 496. The third-order valence-corrected chi connectivity index (χ3v) is 3.34. The van der Waals surface area contributed by atoms with Gasteiger partial charge in [0.15, 0.2) is 6.04 Å². The van der Waals surface area contributed by atoms with Crippen LogP contribution in [0.4, 0.5) is 4.79 Å². The number of aromatic nitrogens is 2. The van der Waals surface area contributed by atoms with Crippen molar-refractivity contribution in [1.29, 1.82) is 0 Å². The van der Waals surface area contributed by atoms with Crippen LogP contribution in [0.25, 0.3) is 0 Å². The zero-order valence-electron chi connectivity index (χ0n) is 11.7. The number of urea groups is 1. The fraction of sp³-hybridized carbons (Fsp3) is 0.615. The molecule has 2 rings (SSSR count). The van der Waals surface area contributed by atoms with Crippen LogP contribution < -0.4 is 10.6 Å². The van der Waals surface area contributed by atoms with Crippen molar-refractivity contribution in [3.05, 3.63) is 18.0 Å². The summed E-state index contributed by atoms with van der Waals surface area (Å²) in [5, 5.41) is 18.4. The van der Waals surface area contributed by atoms with Gasteiger partial charge in [-0.2, -0.15) is 5.10 Å². The van der Waals surface area contributed by atoms with Crippen molar-refractivity contribution in [1.82, 2.24) is 20.4 Å². The molecule has 1 saturated carbocycles. The second kappa shape index (κ2) is 5.94. The number of carboxylic acids is 1. The maximum absolute atomic E-state index is 11.8. The summed E-state index contributed by atoms with van der Waals surface area (Å²) in [6.45, 7) is 1.93. The average molecular weight is 280 g/mol. The van der Waals surface area contributed by atoms with Gasteiger partial charge in [0, 0.05) is 24.8 Å². The molecule has 7 nitrogen and oxygen atoms in total. The Hall–Kier alpha value is -2.05. The molecule has 0 aliphatic heterocycles. The Labute approximate surface area is 117 Å². The van der Waals surface area contributed by atoms with Gasteiger partial charge in [0.1, 0.15) is 0 Å². The van der Waals surface area contributed by atoms with Crippen LogP contribution >= 0.6 is 0 Å². The smallest absolute Gasteiger partial charge is 0.331 e. The van der Waals surface area contributed by atoms with E-state index in [2.05, 4.69) is 15.7 Å². The van der Waals surface area contributed by atoms with Crippen molar-refractivity contribution in [2.75, 3.05) is 0 Å². The quantitative estimate of drug-likeness (QED) is 0.725. The Morgan fingerprint density at radius 2 is 2.20 bits per heavy atom. The Morgan fingerprint density at radius 3 is 2.70 bits per heavy atom. The van der Waals surface area contributed by atoms with Crippen molar-refractivity contribution >= 4 is 12.0 Å². The van der Waals surface area contributed by atoms with E-state index >= 15 is 0 Å². The highest BCUT2D eigenvalue weighted by molar-refractivity contribution is 5.83.